The van der Waals surface area contributed by atoms with Crippen molar-refractivity contribution in [3.05, 3.63) is 102 Å². The summed E-state index contributed by atoms with van der Waals surface area (Å²) in [7, 11) is 0. The van der Waals surface area contributed by atoms with E-state index in [2.05, 4.69) is 0 Å². The standard InChI is InChI=1S/3C12H3F6N3.2C2H6/c3*13-11(14,15)9-3-10(12(16,17)18)8(5-21)6(1-2-19)7(9)4-20;2*1-2/h3*3H,1H2;2*1-2H3. The number of hydrogen-bond donors (Lipinski definition) is 0. The lowest BCUT2D eigenvalue weighted by Gasteiger charge is -2.17. The Morgan fingerprint density at radius 1 is 0.284 bits per heavy atom. The summed E-state index contributed by atoms with van der Waals surface area (Å²) >= 11 is 0. The van der Waals surface area contributed by atoms with Crippen molar-refractivity contribution in [3.8, 4) is 54.6 Å². The lowest BCUT2D eigenvalue weighted by atomic mass is 9.90. The quantitative estimate of drug-likeness (QED) is 0.228. The van der Waals surface area contributed by atoms with Gasteiger partial charge in [0.05, 0.1) is 104 Å². The van der Waals surface area contributed by atoms with E-state index >= 15 is 0 Å². The van der Waals surface area contributed by atoms with E-state index in [1.807, 2.05) is 27.7 Å². The van der Waals surface area contributed by atoms with E-state index in [1.54, 1.807) is 0 Å². The normalized spacial score (nSPS) is 10.9. The zero-order chi connectivity index (χ0) is 53.3. The second-order valence-electron chi connectivity index (χ2n) is 11.3. The third-order valence-corrected chi connectivity index (χ3v) is 7.56. The topological polar surface area (TPSA) is 214 Å². The van der Waals surface area contributed by atoms with Gasteiger partial charge >= 0.3 is 37.1 Å². The van der Waals surface area contributed by atoms with Gasteiger partial charge in [0.1, 0.15) is 36.4 Å². The second kappa shape index (κ2) is 24.2. The maximum Gasteiger partial charge on any atom is 0.417 e. The molecule has 0 radical (unpaired) electrons. The first-order valence-electron chi connectivity index (χ1n) is 17.3. The van der Waals surface area contributed by atoms with Gasteiger partial charge in [-0.1, -0.05) is 27.7 Å². The number of benzene rings is 3. The van der Waals surface area contributed by atoms with Gasteiger partial charge in [-0.05, 0) is 18.2 Å². The molecule has 0 saturated heterocycles. The first-order chi connectivity index (χ1) is 30.7. The highest BCUT2D eigenvalue weighted by atomic mass is 19.4. The molecule has 3 rings (SSSR count). The Kier molecular flexibility index (Phi) is 22.0. The van der Waals surface area contributed by atoms with E-state index in [1.165, 1.54) is 18.2 Å². The van der Waals surface area contributed by atoms with Crippen molar-refractivity contribution in [2.75, 3.05) is 0 Å². The lowest BCUT2D eigenvalue weighted by molar-refractivity contribution is -0.145. The van der Waals surface area contributed by atoms with Gasteiger partial charge in [0, 0.05) is 16.7 Å². The highest BCUT2D eigenvalue weighted by Gasteiger charge is 2.45. The molecule has 0 aliphatic heterocycles. The van der Waals surface area contributed by atoms with Gasteiger partial charge in [-0.2, -0.15) is 126 Å². The summed E-state index contributed by atoms with van der Waals surface area (Å²) in [5.41, 5.74) is -20.4. The van der Waals surface area contributed by atoms with Crippen LogP contribution in [0.2, 0.25) is 0 Å². The van der Waals surface area contributed by atoms with Crippen molar-refractivity contribution in [3.63, 3.8) is 0 Å². The minimum atomic E-state index is -5.22. The Hall–Kier alpha value is -8.19. The minimum Gasteiger partial charge on any atom is -0.198 e. The zero-order valence-electron chi connectivity index (χ0n) is 33.7. The van der Waals surface area contributed by atoms with Crippen LogP contribution in [0.1, 0.15) is 111 Å². The van der Waals surface area contributed by atoms with Gasteiger partial charge in [-0.15, -0.1) is 0 Å². The Morgan fingerprint density at radius 3 is 0.478 bits per heavy atom. The lowest BCUT2D eigenvalue weighted by Crippen LogP contribution is -2.17. The summed E-state index contributed by atoms with van der Waals surface area (Å²) in [6.45, 7) is 8.00. The highest BCUT2D eigenvalue weighted by molar-refractivity contribution is 5.61. The first-order valence-corrected chi connectivity index (χ1v) is 17.3. The van der Waals surface area contributed by atoms with Crippen LogP contribution >= 0.6 is 0 Å². The molecule has 3 aromatic rings. The fourth-order valence-electron chi connectivity index (χ4n) is 5.09. The largest absolute Gasteiger partial charge is 0.417 e. The summed E-state index contributed by atoms with van der Waals surface area (Å²) in [6.07, 6.45) is -34.1. The third kappa shape index (κ3) is 15.2. The molecule has 0 fully saturated rings. The molecule has 3 aromatic carbocycles. The van der Waals surface area contributed by atoms with Crippen molar-refractivity contribution < 1.29 is 79.0 Å². The summed E-state index contributed by atoms with van der Waals surface area (Å²) in [6, 6.07) is 9.94. The molecule has 9 nitrogen and oxygen atoms in total. The molecule has 0 N–H and O–H groups in total. The predicted molar refractivity (Wildman–Crippen MR) is 188 cm³/mol. The number of alkyl halides is 18. The highest BCUT2D eigenvalue weighted by Crippen LogP contribution is 2.44. The average molecular weight is 970 g/mol. The molecular formula is C40H21F18N9. The maximum atomic E-state index is 12.8. The van der Waals surface area contributed by atoms with Gasteiger partial charge in [0.15, 0.2) is 0 Å². The van der Waals surface area contributed by atoms with Crippen molar-refractivity contribution in [2.24, 2.45) is 0 Å². The summed E-state index contributed by atoms with van der Waals surface area (Å²) in [5.74, 6) is 0. The Bertz CT molecular complexity index is 2230. The molecule has 0 atom stereocenters. The maximum absolute atomic E-state index is 12.8. The van der Waals surface area contributed by atoms with Crippen LogP contribution in [0.3, 0.4) is 0 Å². The molecule has 0 saturated carbocycles. The van der Waals surface area contributed by atoms with Crippen LogP contribution in [-0.2, 0) is 56.3 Å². The smallest absolute Gasteiger partial charge is 0.198 e. The van der Waals surface area contributed by atoms with Gasteiger partial charge in [-0.3, -0.25) is 0 Å². The van der Waals surface area contributed by atoms with Crippen LogP contribution in [0.25, 0.3) is 0 Å². The SMILES string of the molecule is CC.CC.N#CCc1c(C#N)c(C(F)(F)F)cc(C(F)(F)F)c1C#N.N#CCc1c(C#N)c(C(F)(F)F)cc(C(F)(F)F)c1C#N.N#CCc1c(C#N)c(C(F)(F)F)cc(C(F)(F)F)c1C#N. The molecule has 0 aromatic heterocycles. The number of nitrogens with zero attached hydrogens (tertiary/aromatic N) is 9. The van der Waals surface area contributed by atoms with E-state index in [-0.39, 0.29) is 18.2 Å². The number of halogens is 18. The molecule has 0 aliphatic rings. The molecule has 0 aliphatic carbocycles. The molecule has 0 unspecified atom stereocenters. The van der Waals surface area contributed by atoms with Crippen LogP contribution < -0.4 is 0 Å². The minimum absolute atomic E-state index is 0.280. The van der Waals surface area contributed by atoms with E-state index in [9.17, 15) is 79.0 Å². The monoisotopic (exact) mass is 969 g/mol. The van der Waals surface area contributed by atoms with Gasteiger partial charge in [-0.25, -0.2) is 0 Å². The van der Waals surface area contributed by atoms with Gasteiger partial charge < -0.3 is 0 Å². The van der Waals surface area contributed by atoms with E-state index in [0.717, 1.165) is 36.4 Å². The second-order valence-corrected chi connectivity index (χ2v) is 11.3. The average Bonchev–Trinajstić information content (AvgIpc) is 3.22. The van der Waals surface area contributed by atoms with Crippen molar-refractivity contribution in [1.29, 1.82) is 47.4 Å². The molecule has 0 amide bonds. The molecule has 67 heavy (non-hydrogen) atoms. The van der Waals surface area contributed by atoms with Crippen LogP contribution in [-0.4, -0.2) is 0 Å². The molecular weight excluding hydrogens is 948 g/mol. The van der Waals surface area contributed by atoms with Gasteiger partial charge in [0.25, 0.3) is 0 Å². The first kappa shape index (κ1) is 60.9. The van der Waals surface area contributed by atoms with Crippen molar-refractivity contribution in [2.45, 2.75) is 84.0 Å². The number of hydrogen-bond acceptors (Lipinski definition) is 9. The Morgan fingerprint density at radius 2 is 0.403 bits per heavy atom. The molecule has 27 heteroatoms. The molecule has 0 heterocycles. The summed E-state index contributed by atoms with van der Waals surface area (Å²) < 4.78 is 230. The third-order valence-electron chi connectivity index (χ3n) is 7.56. The summed E-state index contributed by atoms with van der Waals surface area (Å²) in [4.78, 5) is 0. The molecule has 0 spiro atoms. The Balaban J connectivity index is 0. The Labute approximate surface area is 366 Å². The fourth-order valence-corrected chi connectivity index (χ4v) is 5.09. The van der Waals surface area contributed by atoms with Crippen LogP contribution in [0, 0.1) is 102 Å². The van der Waals surface area contributed by atoms with Crippen molar-refractivity contribution in [1.82, 2.24) is 0 Å². The number of rotatable bonds is 3. The number of nitriles is 9. The predicted octanol–water partition coefficient (Wildman–Crippen LogP) is 12.7. The molecule has 0 bridgehead atoms. The summed E-state index contributed by atoms with van der Waals surface area (Å²) in [5, 5.41) is 78.1. The van der Waals surface area contributed by atoms with E-state index < -0.39 is 140 Å². The fraction of sp³-hybridized carbons (Fsp3) is 0.325. The van der Waals surface area contributed by atoms with Crippen LogP contribution in [0.4, 0.5) is 79.0 Å². The van der Waals surface area contributed by atoms with Crippen LogP contribution in [0.15, 0.2) is 18.2 Å². The van der Waals surface area contributed by atoms with E-state index in [0.29, 0.717) is 0 Å². The van der Waals surface area contributed by atoms with Gasteiger partial charge in [0.2, 0.25) is 0 Å². The van der Waals surface area contributed by atoms with E-state index in [4.69, 9.17) is 47.4 Å². The zero-order valence-corrected chi connectivity index (χ0v) is 33.7. The van der Waals surface area contributed by atoms with Crippen LogP contribution in [0.5, 0.6) is 0 Å². The molecule has 352 valence electrons. The van der Waals surface area contributed by atoms with Crippen molar-refractivity contribution >= 4 is 0 Å².